The molecule has 0 aliphatic heterocycles. The van der Waals surface area contributed by atoms with Crippen LogP contribution in [0.2, 0.25) is 0 Å². The summed E-state index contributed by atoms with van der Waals surface area (Å²) in [6, 6.07) is 5.53. The first kappa shape index (κ1) is 12.5. The highest BCUT2D eigenvalue weighted by atomic mass is 16.1. The molecule has 2 aliphatic carbocycles. The molecule has 1 amide bonds. The van der Waals surface area contributed by atoms with E-state index in [1.807, 2.05) is 25.1 Å². The van der Waals surface area contributed by atoms with Crippen molar-refractivity contribution in [2.24, 2.45) is 17.8 Å². The first-order valence-corrected chi connectivity index (χ1v) is 7.28. The van der Waals surface area contributed by atoms with Gasteiger partial charge in [0, 0.05) is 17.8 Å². The Morgan fingerprint density at radius 1 is 1.37 bits per heavy atom. The normalized spacial score (nSPS) is 28.6. The summed E-state index contributed by atoms with van der Waals surface area (Å²) in [5.41, 5.74) is 8.13. The van der Waals surface area contributed by atoms with Crippen molar-refractivity contribution in [2.75, 3.05) is 12.3 Å². The molecule has 0 spiro atoms. The molecule has 3 N–H and O–H groups in total. The van der Waals surface area contributed by atoms with Gasteiger partial charge in [0.15, 0.2) is 0 Å². The Morgan fingerprint density at radius 2 is 2.21 bits per heavy atom. The third kappa shape index (κ3) is 2.34. The molecule has 0 heterocycles. The summed E-state index contributed by atoms with van der Waals surface area (Å²) in [4.78, 5) is 12.2. The van der Waals surface area contributed by atoms with E-state index in [4.69, 9.17) is 5.73 Å². The number of amides is 1. The summed E-state index contributed by atoms with van der Waals surface area (Å²) >= 11 is 0. The fourth-order valence-corrected chi connectivity index (χ4v) is 3.84. The molecular formula is C16H22N2O. The molecular weight excluding hydrogens is 236 g/mol. The molecule has 102 valence electrons. The van der Waals surface area contributed by atoms with E-state index in [0.29, 0.717) is 17.2 Å². The summed E-state index contributed by atoms with van der Waals surface area (Å²) in [7, 11) is 0. The standard InChI is InChI=1S/C16H22N2O/c1-10-14(3-2-4-15(10)17)16(19)18-9-13-8-11-5-6-12(13)7-11/h2-4,11-13H,5-9,17H2,1H3,(H,18,19). The Morgan fingerprint density at radius 3 is 2.89 bits per heavy atom. The van der Waals surface area contributed by atoms with Gasteiger partial charge < -0.3 is 11.1 Å². The number of anilines is 1. The van der Waals surface area contributed by atoms with Gasteiger partial charge in [-0.1, -0.05) is 12.5 Å². The van der Waals surface area contributed by atoms with Crippen molar-refractivity contribution < 1.29 is 4.79 Å². The summed E-state index contributed by atoms with van der Waals surface area (Å²) in [5, 5.41) is 3.10. The smallest absolute Gasteiger partial charge is 0.251 e. The second-order valence-corrected chi connectivity index (χ2v) is 6.16. The quantitative estimate of drug-likeness (QED) is 0.819. The molecule has 3 unspecified atom stereocenters. The SMILES string of the molecule is Cc1c(N)cccc1C(=O)NCC1CC2CCC1C2. The van der Waals surface area contributed by atoms with Crippen LogP contribution >= 0.6 is 0 Å². The van der Waals surface area contributed by atoms with E-state index in [0.717, 1.165) is 23.9 Å². The zero-order valence-electron chi connectivity index (χ0n) is 11.5. The molecule has 2 fully saturated rings. The van der Waals surface area contributed by atoms with E-state index >= 15 is 0 Å². The topological polar surface area (TPSA) is 55.1 Å². The monoisotopic (exact) mass is 258 g/mol. The lowest BCUT2D eigenvalue weighted by molar-refractivity contribution is 0.0941. The Bertz CT molecular complexity index is 498. The van der Waals surface area contributed by atoms with Crippen molar-refractivity contribution >= 4 is 11.6 Å². The summed E-state index contributed by atoms with van der Waals surface area (Å²) < 4.78 is 0. The molecule has 2 bridgehead atoms. The number of carbonyl (C=O) groups excluding carboxylic acids is 1. The van der Waals surface area contributed by atoms with Gasteiger partial charge in [0.05, 0.1) is 0 Å². The van der Waals surface area contributed by atoms with E-state index in [-0.39, 0.29) is 5.91 Å². The molecule has 3 atom stereocenters. The second kappa shape index (κ2) is 4.87. The van der Waals surface area contributed by atoms with Crippen LogP contribution < -0.4 is 11.1 Å². The third-order valence-electron chi connectivity index (χ3n) is 5.03. The Kier molecular flexibility index (Phi) is 3.21. The van der Waals surface area contributed by atoms with Gasteiger partial charge in [-0.05, 0) is 61.6 Å². The van der Waals surface area contributed by atoms with Crippen molar-refractivity contribution in [2.45, 2.75) is 32.6 Å². The van der Waals surface area contributed by atoms with Crippen LogP contribution in [0.25, 0.3) is 0 Å². The highest BCUT2D eigenvalue weighted by Crippen LogP contribution is 2.47. The number of nitrogen functional groups attached to an aromatic ring is 1. The van der Waals surface area contributed by atoms with Crippen molar-refractivity contribution in [3.05, 3.63) is 29.3 Å². The van der Waals surface area contributed by atoms with Crippen LogP contribution in [-0.4, -0.2) is 12.5 Å². The predicted octanol–water partition coefficient (Wildman–Crippen LogP) is 2.74. The van der Waals surface area contributed by atoms with E-state index in [2.05, 4.69) is 5.32 Å². The fourth-order valence-electron chi connectivity index (χ4n) is 3.84. The predicted molar refractivity (Wildman–Crippen MR) is 76.9 cm³/mol. The summed E-state index contributed by atoms with van der Waals surface area (Å²) in [6.45, 7) is 2.73. The molecule has 0 aromatic heterocycles. The van der Waals surface area contributed by atoms with Gasteiger partial charge in [-0.15, -0.1) is 0 Å². The number of benzene rings is 1. The highest BCUT2D eigenvalue weighted by molar-refractivity contribution is 5.96. The lowest BCUT2D eigenvalue weighted by Gasteiger charge is -2.22. The van der Waals surface area contributed by atoms with E-state index < -0.39 is 0 Å². The van der Waals surface area contributed by atoms with Crippen LogP contribution in [0.5, 0.6) is 0 Å². The first-order valence-electron chi connectivity index (χ1n) is 7.28. The van der Waals surface area contributed by atoms with E-state index in [1.54, 1.807) is 0 Å². The molecule has 0 saturated heterocycles. The zero-order chi connectivity index (χ0) is 13.4. The molecule has 3 rings (SSSR count). The lowest BCUT2D eigenvalue weighted by atomic mass is 9.89. The van der Waals surface area contributed by atoms with Crippen LogP contribution in [0.3, 0.4) is 0 Å². The van der Waals surface area contributed by atoms with Gasteiger partial charge >= 0.3 is 0 Å². The van der Waals surface area contributed by atoms with Crippen LogP contribution in [-0.2, 0) is 0 Å². The van der Waals surface area contributed by atoms with Gasteiger partial charge in [-0.2, -0.15) is 0 Å². The highest BCUT2D eigenvalue weighted by Gasteiger charge is 2.39. The first-order chi connectivity index (χ1) is 9.15. The molecule has 19 heavy (non-hydrogen) atoms. The molecule has 2 saturated carbocycles. The number of nitrogens with one attached hydrogen (secondary N) is 1. The third-order valence-corrected chi connectivity index (χ3v) is 5.03. The van der Waals surface area contributed by atoms with Crippen LogP contribution in [0.1, 0.15) is 41.6 Å². The molecule has 1 aromatic rings. The fraction of sp³-hybridized carbons (Fsp3) is 0.562. The minimum Gasteiger partial charge on any atom is -0.398 e. The van der Waals surface area contributed by atoms with Crippen molar-refractivity contribution in [3.63, 3.8) is 0 Å². The van der Waals surface area contributed by atoms with Crippen LogP contribution in [0.15, 0.2) is 18.2 Å². The van der Waals surface area contributed by atoms with Gasteiger partial charge in [-0.25, -0.2) is 0 Å². The van der Waals surface area contributed by atoms with Crippen molar-refractivity contribution in [1.29, 1.82) is 0 Å². The van der Waals surface area contributed by atoms with Gasteiger partial charge in [0.2, 0.25) is 0 Å². The van der Waals surface area contributed by atoms with Crippen LogP contribution in [0.4, 0.5) is 5.69 Å². The van der Waals surface area contributed by atoms with Gasteiger partial charge in [0.1, 0.15) is 0 Å². The Hall–Kier alpha value is -1.51. The summed E-state index contributed by atoms with van der Waals surface area (Å²) in [6.07, 6.45) is 5.46. The maximum absolute atomic E-state index is 12.2. The average Bonchev–Trinajstić information content (AvgIpc) is 3.01. The molecule has 0 radical (unpaired) electrons. The van der Waals surface area contributed by atoms with E-state index in [1.165, 1.54) is 25.7 Å². The Labute approximate surface area is 114 Å². The average molecular weight is 258 g/mol. The maximum atomic E-state index is 12.2. The largest absolute Gasteiger partial charge is 0.398 e. The lowest BCUT2D eigenvalue weighted by Crippen LogP contribution is -2.32. The Balaban J connectivity index is 1.61. The van der Waals surface area contributed by atoms with Crippen LogP contribution in [0, 0.1) is 24.7 Å². The number of rotatable bonds is 3. The number of hydrogen-bond acceptors (Lipinski definition) is 2. The molecule has 1 aromatic carbocycles. The van der Waals surface area contributed by atoms with Gasteiger partial charge in [-0.3, -0.25) is 4.79 Å². The van der Waals surface area contributed by atoms with Crippen molar-refractivity contribution in [3.8, 4) is 0 Å². The minimum absolute atomic E-state index is 0.0209. The molecule has 2 aliphatic rings. The van der Waals surface area contributed by atoms with Crippen molar-refractivity contribution in [1.82, 2.24) is 5.32 Å². The molecule has 3 nitrogen and oxygen atoms in total. The zero-order valence-corrected chi connectivity index (χ0v) is 11.5. The number of fused-ring (bicyclic) bond motifs is 2. The number of hydrogen-bond donors (Lipinski definition) is 2. The number of carbonyl (C=O) groups is 1. The molecule has 3 heteroatoms. The maximum Gasteiger partial charge on any atom is 0.251 e. The number of nitrogens with two attached hydrogens (primary N) is 1. The minimum atomic E-state index is 0.0209. The second-order valence-electron chi connectivity index (χ2n) is 6.16. The van der Waals surface area contributed by atoms with Gasteiger partial charge in [0.25, 0.3) is 5.91 Å². The van der Waals surface area contributed by atoms with E-state index in [9.17, 15) is 4.79 Å². The summed E-state index contributed by atoms with van der Waals surface area (Å²) in [5.74, 6) is 2.50.